The van der Waals surface area contributed by atoms with Crippen LogP contribution in [0.1, 0.15) is 33.6 Å². The Morgan fingerprint density at radius 2 is 1.70 bits per heavy atom. The highest BCUT2D eigenvalue weighted by Gasteiger charge is 2.32. The van der Waals surface area contributed by atoms with E-state index in [1.807, 2.05) is 20.8 Å². The molecule has 1 aliphatic rings. The SMILES string of the molecule is C[C@@H]1CC(C)(O)C[C@H](C)O1. The summed E-state index contributed by atoms with van der Waals surface area (Å²) in [6, 6.07) is 0. The average Bonchev–Trinajstić information content (AvgIpc) is 1.54. The number of aliphatic hydroxyl groups is 1. The van der Waals surface area contributed by atoms with Gasteiger partial charge in [-0.3, -0.25) is 0 Å². The van der Waals surface area contributed by atoms with Crippen molar-refractivity contribution in [2.24, 2.45) is 0 Å². The minimum atomic E-state index is -0.503. The summed E-state index contributed by atoms with van der Waals surface area (Å²) in [6.45, 7) is 5.89. The van der Waals surface area contributed by atoms with Crippen molar-refractivity contribution in [3.8, 4) is 0 Å². The van der Waals surface area contributed by atoms with E-state index in [9.17, 15) is 5.11 Å². The van der Waals surface area contributed by atoms with Crippen LogP contribution in [0.2, 0.25) is 0 Å². The van der Waals surface area contributed by atoms with Gasteiger partial charge in [0.2, 0.25) is 0 Å². The van der Waals surface area contributed by atoms with Crippen molar-refractivity contribution in [3.63, 3.8) is 0 Å². The molecule has 1 aliphatic heterocycles. The molecule has 1 rings (SSSR count). The molecule has 0 spiro atoms. The van der Waals surface area contributed by atoms with Crippen LogP contribution >= 0.6 is 0 Å². The van der Waals surface area contributed by atoms with E-state index in [-0.39, 0.29) is 12.2 Å². The predicted octanol–water partition coefficient (Wildman–Crippen LogP) is 1.32. The first-order chi connectivity index (χ1) is 4.49. The van der Waals surface area contributed by atoms with Crippen molar-refractivity contribution in [2.45, 2.75) is 51.4 Å². The Kier molecular flexibility index (Phi) is 2.02. The molecule has 1 heterocycles. The highest BCUT2D eigenvalue weighted by Crippen LogP contribution is 2.27. The third-order valence-corrected chi connectivity index (χ3v) is 1.92. The molecule has 1 N–H and O–H groups in total. The van der Waals surface area contributed by atoms with Gasteiger partial charge in [-0.2, -0.15) is 0 Å². The highest BCUT2D eigenvalue weighted by molar-refractivity contribution is 4.82. The van der Waals surface area contributed by atoms with Gasteiger partial charge in [-0.1, -0.05) is 0 Å². The fraction of sp³-hybridized carbons (Fsp3) is 1.00. The Labute approximate surface area is 62.2 Å². The standard InChI is InChI=1S/C8H16O2/c1-6-4-8(3,9)5-7(2)10-6/h6-7,9H,4-5H2,1-3H3/t6-,7+,8?. The van der Waals surface area contributed by atoms with Gasteiger partial charge in [-0.15, -0.1) is 0 Å². The van der Waals surface area contributed by atoms with Gasteiger partial charge >= 0.3 is 0 Å². The van der Waals surface area contributed by atoms with Crippen LogP contribution in [0.4, 0.5) is 0 Å². The van der Waals surface area contributed by atoms with Crippen molar-refractivity contribution >= 4 is 0 Å². The molecule has 2 nitrogen and oxygen atoms in total. The maximum atomic E-state index is 9.64. The summed E-state index contributed by atoms with van der Waals surface area (Å²) in [5.41, 5.74) is -0.503. The first kappa shape index (κ1) is 8.02. The van der Waals surface area contributed by atoms with Crippen molar-refractivity contribution in [3.05, 3.63) is 0 Å². The molecule has 0 radical (unpaired) electrons. The van der Waals surface area contributed by atoms with Crippen molar-refractivity contribution in [1.29, 1.82) is 0 Å². The van der Waals surface area contributed by atoms with Crippen molar-refractivity contribution < 1.29 is 9.84 Å². The molecule has 0 saturated carbocycles. The molecule has 0 aromatic carbocycles. The van der Waals surface area contributed by atoms with Gasteiger partial charge in [0.05, 0.1) is 17.8 Å². The summed E-state index contributed by atoms with van der Waals surface area (Å²) in [7, 11) is 0. The van der Waals surface area contributed by atoms with E-state index < -0.39 is 5.60 Å². The molecular weight excluding hydrogens is 128 g/mol. The minimum absolute atomic E-state index is 0.207. The minimum Gasteiger partial charge on any atom is -0.390 e. The molecular formula is C8H16O2. The Hall–Kier alpha value is -0.0800. The molecule has 0 aliphatic carbocycles. The molecule has 0 amide bonds. The molecule has 1 fully saturated rings. The lowest BCUT2D eigenvalue weighted by molar-refractivity contribution is -0.123. The maximum absolute atomic E-state index is 9.64. The van der Waals surface area contributed by atoms with E-state index in [4.69, 9.17) is 4.74 Å². The third-order valence-electron chi connectivity index (χ3n) is 1.92. The molecule has 1 unspecified atom stereocenters. The monoisotopic (exact) mass is 144 g/mol. The zero-order valence-corrected chi connectivity index (χ0v) is 6.92. The summed E-state index contributed by atoms with van der Waals surface area (Å²) >= 11 is 0. The van der Waals surface area contributed by atoms with Crippen LogP contribution in [0.15, 0.2) is 0 Å². The quantitative estimate of drug-likeness (QED) is 0.555. The Bertz CT molecular complexity index is 108. The van der Waals surface area contributed by atoms with Crippen LogP contribution in [0.25, 0.3) is 0 Å². The largest absolute Gasteiger partial charge is 0.390 e. The first-order valence-electron chi connectivity index (χ1n) is 3.87. The topological polar surface area (TPSA) is 29.5 Å². The molecule has 0 bridgehead atoms. The van der Waals surface area contributed by atoms with E-state index in [0.29, 0.717) is 0 Å². The van der Waals surface area contributed by atoms with E-state index in [1.54, 1.807) is 0 Å². The van der Waals surface area contributed by atoms with Crippen LogP contribution in [-0.4, -0.2) is 22.9 Å². The Morgan fingerprint density at radius 1 is 1.30 bits per heavy atom. The molecule has 1 saturated heterocycles. The summed E-state index contributed by atoms with van der Waals surface area (Å²) in [5.74, 6) is 0. The van der Waals surface area contributed by atoms with Gasteiger partial charge in [-0.25, -0.2) is 0 Å². The van der Waals surface area contributed by atoms with E-state index >= 15 is 0 Å². The van der Waals surface area contributed by atoms with Gasteiger partial charge in [0.25, 0.3) is 0 Å². The zero-order valence-electron chi connectivity index (χ0n) is 6.92. The molecule has 0 aromatic rings. The van der Waals surface area contributed by atoms with Crippen molar-refractivity contribution in [2.75, 3.05) is 0 Å². The summed E-state index contributed by atoms with van der Waals surface area (Å²) in [5, 5.41) is 9.64. The fourth-order valence-electron chi connectivity index (χ4n) is 1.81. The molecule has 2 heteroatoms. The fourth-order valence-corrected chi connectivity index (χ4v) is 1.81. The van der Waals surface area contributed by atoms with Gasteiger partial charge in [0.1, 0.15) is 0 Å². The second-order valence-corrected chi connectivity index (χ2v) is 3.66. The van der Waals surface area contributed by atoms with E-state index in [0.717, 1.165) is 12.8 Å². The smallest absolute Gasteiger partial charge is 0.0668 e. The summed E-state index contributed by atoms with van der Waals surface area (Å²) < 4.78 is 5.46. The van der Waals surface area contributed by atoms with Gasteiger partial charge < -0.3 is 9.84 Å². The lowest BCUT2D eigenvalue weighted by atomic mass is 9.90. The maximum Gasteiger partial charge on any atom is 0.0668 e. The van der Waals surface area contributed by atoms with Gasteiger partial charge in [-0.05, 0) is 20.8 Å². The lowest BCUT2D eigenvalue weighted by Gasteiger charge is -2.36. The average molecular weight is 144 g/mol. The second-order valence-electron chi connectivity index (χ2n) is 3.66. The van der Waals surface area contributed by atoms with E-state index in [2.05, 4.69) is 0 Å². The summed E-state index contributed by atoms with van der Waals surface area (Å²) in [4.78, 5) is 0. The number of rotatable bonds is 0. The predicted molar refractivity (Wildman–Crippen MR) is 39.9 cm³/mol. The van der Waals surface area contributed by atoms with Crippen LogP contribution < -0.4 is 0 Å². The Morgan fingerprint density at radius 3 is 2.00 bits per heavy atom. The first-order valence-corrected chi connectivity index (χ1v) is 3.87. The van der Waals surface area contributed by atoms with Crippen LogP contribution in [0.5, 0.6) is 0 Å². The van der Waals surface area contributed by atoms with Crippen molar-refractivity contribution in [1.82, 2.24) is 0 Å². The third kappa shape index (κ3) is 1.96. The number of hydrogen-bond donors (Lipinski definition) is 1. The molecule has 60 valence electrons. The highest BCUT2D eigenvalue weighted by atomic mass is 16.5. The van der Waals surface area contributed by atoms with E-state index in [1.165, 1.54) is 0 Å². The van der Waals surface area contributed by atoms with Gasteiger partial charge in [0, 0.05) is 12.8 Å². The van der Waals surface area contributed by atoms with Gasteiger partial charge in [0.15, 0.2) is 0 Å². The molecule has 0 aromatic heterocycles. The normalized spacial score (nSPS) is 49.2. The lowest BCUT2D eigenvalue weighted by Crippen LogP contribution is -2.40. The molecule has 3 atom stereocenters. The zero-order chi connectivity index (χ0) is 7.78. The van der Waals surface area contributed by atoms with Crippen LogP contribution in [0, 0.1) is 0 Å². The molecule has 10 heavy (non-hydrogen) atoms. The number of ether oxygens (including phenoxy) is 1. The van der Waals surface area contributed by atoms with Crippen LogP contribution in [-0.2, 0) is 4.74 Å². The summed E-state index contributed by atoms with van der Waals surface area (Å²) in [6.07, 6.45) is 1.94. The second kappa shape index (κ2) is 2.51. The Balaban J connectivity index is 2.51. The number of hydrogen-bond acceptors (Lipinski definition) is 2. The van der Waals surface area contributed by atoms with Crippen LogP contribution in [0.3, 0.4) is 0 Å².